The predicted octanol–water partition coefficient (Wildman–Crippen LogP) is 1.97. The van der Waals surface area contributed by atoms with Crippen LogP contribution in [0.1, 0.15) is 30.9 Å². The maximum Gasteiger partial charge on any atom is 0.223 e. The molecule has 0 spiro atoms. The van der Waals surface area contributed by atoms with E-state index in [9.17, 15) is 4.79 Å². The first-order valence-electron chi connectivity index (χ1n) is 8.52. The third-order valence-electron chi connectivity index (χ3n) is 4.93. The van der Waals surface area contributed by atoms with Crippen molar-refractivity contribution in [1.82, 2.24) is 15.5 Å². The molecule has 1 fully saturated rings. The second-order valence-corrected chi connectivity index (χ2v) is 6.66. The first-order chi connectivity index (χ1) is 10.7. The van der Waals surface area contributed by atoms with Gasteiger partial charge in [0.05, 0.1) is 0 Å². The molecule has 5 heteroatoms. The third-order valence-corrected chi connectivity index (χ3v) is 4.93. The minimum Gasteiger partial charge on any atom is -0.355 e. The highest BCUT2D eigenvalue weighted by molar-refractivity contribution is 5.85. The number of hydrogen-bond acceptors (Lipinski definition) is 3. The summed E-state index contributed by atoms with van der Waals surface area (Å²) in [6.45, 7) is 6.93. The third kappa shape index (κ3) is 4.93. The Bertz CT molecular complexity index is 523. The number of fused-ring (bicyclic) bond motifs is 1. The van der Waals surface area contributed by atoms with Crippen LogP contribution in [-0.2, 0) is 17.8 Å². The van der Waals surface area contributed by atoms with E-state index in [1.165, 1.54) is 11.1 Å². The Labute approximate surface area is 145 Å². The SMILES string of the molecule is C[C@H]1C[C@@H](C(=O)NCCN2CCc3ccccc3C2)CCN1.Cl. The van der Waals surface area contributed by atoms with Gasteiger partial charge in [-0.25, -0.2) is 0 Å². The van der Waals surface area contributed by atoms with Gasteiger partial charge in [0.1, 0.15) is 0 Å². The lowest BCUT2D eigenvalue weighted by molar-refractivity contribution is -0.126. The van der Waals surface area contributed by atoms with Gasteiger partial charge in [-0.3, -0.25) is 9.69 Å². The van der Waals surface area contributed by atoms with Gasteiger partial charge in [-0.1, -0.05) is 24.3 Å². The molecule has 2 heterocycles. The van der Waals surface area contributed by atoms with Gasteiger partial charge in [0.25, 0.3) is 0 Å². The number of rotatable bonds is 4. The quantitative estimate of drug-likeness (QED) is 0.883. The molecule has 0 radical (unpaired) electrons. The Kier molecular flexibility index (Phi) is 6.88. The van der Waals surface area contributed by atoms with E-state index in [0.29, 0.717) is 6.04 Å². The minimum absolute atomic E-state index is 0. The van der Waals surface area contributed by atoms with Crippen LogP contribution in [-0.4, -0.2) is 43.0 Å². The molecule has 2 atom stereocenters. The molecule has 2 aliphatic rings. The Morgan fingerprint density at radius 3 is 2.91 bits per heavy atom. The molecule has 0 unspecified atom stereocenters. The normalized spacial score (nSPS) is 24.4. The topological polar surface area (TPSA) is 44.4 Å². The summed E-state index contributed by atoms with van der Waals surface area (Å²) in [4.78, 5) is 14.7. The number of amides is 1. The maximum absolute atomic E-state index is 12.2. The monoisotopic (exact) mass is 337 g/mol. The van der Waals surface area contributed by atoms with E-state index in [0.717, 1.165) is 52.0 Å². The van der Waals surface area contributed by atoms with Crippen molar-refractivity contribution in [1.29, 1.82) is 0 Å². The van der Waals surface area contributed by atoms with Gasteiger partial charge >= 0.3 is 0 Å². The highest BCUT2D eigenvalue weighted by atomic mass is 35.5. The van der Waals surface area contributed by atoms with Crippen molar-refractivity contribution in [2.45, 2.75) is 38.8 Å². The van der Waals surface area contributed by atoms with Crippen LogP contribution in [0.2, 0.25) is 0 Å². The fourth-order valence-corrected chi connectivity index (χ4v) is 3.60. The lowest BCUT2D eigenvalue weighted by Crippen LogP contribution is -2.44. The summed E-state index contributed by atoms with van der Waals surface area (Å²) in [5, 5.41) is 6.53. The molecule has 1 saturated heterocycles. The van der Waals surface area contributed by atoms with E-state index in [1.807, 2.05) is 0 Å². The average molecular weight is 338 g/mol. The molecule has 2 aliphatic heterocycles. The van der Waals surface area contributed by atoms with Gasteiger partial charge in [-0.2, -0.15) is 0 Å². The highest BCUT2D eigenvalue weighted by Crippen LogP contribution is 2.18. The van der Waals surface area contributed by atoms with E-state index >= 15 is 0 Å². The standard InChI is InChI=1S/C18H27N3O.ClH/c1-14-12-16(6-8-19-14)18(22)20-9-11-21-10-7-15-4-2-3-5-17(15)13-21;/h2-5,14,16,19H,6-13H2,1H3,(H,20,22);1H/t14-,16-;/m0./s1. The zero-order valence-electron chi connectivity index (χ0n) is 13.9. The molecule has 23 heavy (non-hydrogen) atoms. The zero-order valence-corrected chi connectivity index (χ0v) is 14.7. The molecule has 1 amide bonds. The van der Waals surface area contributed by atoms with E-state index in [4.69, 9.17) is 0 Å². The number of hydrogen-bond donors (Lipinski definition) is 2. The molecular weight excluding hydrogens is 310 g/mol. The fraction of sp³-hybridized carbons (Fsp3) is 0.611. The molecule has 1 aromatic carbocycles. The van der Waals surface area contributed by atoms with Gasteiger partial charge in [-0.05, 0) is 43.9 Å². The molecule has 0 aromatic heterocycles. The van der Waals surface area contributed by atoms with Crippen LogP contribution in [0.25, 0.3) is 0 Å². The van der Waals surface area contributed by atoms with Gasteiger partial charge in [0, 0.05) is 38.1 Å². The molecule has 0 aliphatic carbocycles. The van der Waals surface area contributed by atoms with Crippen LogP contribution in [0.3, 0.4) is 0 Å². The Morgan fingerprint density at radius 2 is 2.13 bits per heavy atom. The average Bonchev–Trinajstić information content (AvgIpc) is 2.54. The summed E-state index contributed by atoms with van der Waals surface area (Å²) in [7, 11) is 0. The minimum atomic E-state index is 0. The second-order valence-electron chi connectivity index (χ2n) is 6.66. The van der Waals surface area contributed by atoms with Crippen molar-refractivity contribution < 1.29 is 4.79 Å². The van der Waals surface area contributed by atoms with Crippen molar-refractivity contribution in [3.63, 3.8) is 0 Å². The summed E-state index contributed by atoms with van der Waals surface area (Å²) in [5.74, 6) is 0.434. The van der Waals surface area contributed by atoms with Crippen molar-refractivity contribution in [3.8, 4) is 0 Å². The molecule has 2 N–H and O–H groups in total. The number of nitrogens with one attached hydrogen (secondary N) is 2. The Morgan fingerprint density at radius 1 is 1.35 bits per heavy atom. The molecule has 0 bridgehead atoms. The maximum atomic E-state index is 12.2. The summed E-state index contributed by atoms with van der Waals surface area (Å²) in [6.07, 6.45) is 3.05. The summed E-state index contributed by atoms with van der Waals surface area (Å²) in [6, 6.07) is 9.14. The first-order valence-corrected chi connectivity index (χ1v) is 8.52. The molecule has 0 saturated carbocycles. The summed E-state index contributed by atoms with van der Waals surface area (Å²) < 4.78 is 0. The largest absolute Gasteiger partial charge is 0.355 e. The van der Waals surface area contributed by atoms with Gasteiger partial charge < -0.3 is 10.6 Å². The number of nitrogens with zero attached hydrogens (tertiary/aromatic N) is 1. The highest BCUT2D eigenvalue weighted by Gasteiger charge is 2.24. The van der Waals surface area contributed by atoms with Gasteiger partial charge in [-0.15, -0.1) is 12.4 Å². The smallest absolute Gasteiger partial charge is 0.223 e. The Balaban J connectivity index is 0.00000192. The number of halogens is 1. The van der Waals surface area contributed by atoms with Gasteiger partial charge in [0.15, 0.2) is 0 Å². The van der Waals surface area contributed by atoms with Crippen molar-refractivity contribution in [3.05, 3.63) is 35.4 Å². The molecular formula is C18H28ClN3O. The molecule has 3 rings (SSSR count). The van der Waals surface area contributed by atoms with E-state index < -0.39 is 0 Å². The van der Waals surface area contributed by atoms with Crippen LogP contribution in [0, 0.1) is 5.92 Å². The number of piperidine rings is 1. The fourth-order valence-electron chi connectivity index (χ4n) is 3.60. The molecule has 1 aromatic rings. The summed E-state index contributed by atoms with van der Waals surface area (Å²) in [5.41, 5.74) is 2.92. The van der Waals surface area contributed by atoms with Crippen molar-refractivity contribution in [2.24, 2.45) is 5.92 Å². The number of carbonyl (C=O) groups excluding carboxylic acids is 1. The van der Waals surface area contributed by atoms with E-state index in [2.05, 4.69) is 46.7 Å². The lowest BCUT2D eigenvalue weighted by Gasteiger charge is -2.30. The van der Waals surface area contributed by atoms with Crippen molar-refractivity contribution in [2.75, 3.05) is 26.2 Å². The predicted molar refractivity (Wildman–Crippen MR) is 95.9 cm³/mol. The van der Waals surface area contributed by atoms with Crippen molar-refractivity contribution >= 4 is 18.3 Å². The van der Waals surface area contributed by atoms with Crippen LogP contribution in [0.5, 0.6) is 0 Å². The lowest BCUT2D eigenvalue weighted by atomic mass is 9.92. The van der Waals surface area contributed by atoms with E-state index in [-0.39, 0.29) is 24.2 Å². The van der Waals surface area contributed by atoms with E-state index in [1.54, 1.807) is 0 Å². The van der Waals surface area contributed by atoms with Crippen LogP contribution in [0.4, 0.5) is 0 Å². The Hall–Kier alpha value is -1.10. The van der Waals surface area contributed by atoms with Crippen LogP contribution in [0.15, 0.2) is 24.3 Å². The molecule has 4 nitrogen and oxygen atoms in total. The molecule has 128 valence electrons. The van der Waals surface area contributed by atoms with Crippen LogP contribution >= 0.6 is 12.4 Å². The van der Waals surface area contributed by atoms with Crippen LogP contribution < -0.4 is 10.6 Å². The second kappa shape index (κ2) is 8.67. The van der Waals surface area contributed by atoms with Gasteiger partial charge in [0.2, 0.25) is 5.91 Å². The summed E-state index contributed by atoms with van der Waals surface area (Å²) >= 11 is 0. The zero-order chi connectivity index (χ0) is 15.4. The number of carbonyl (C=O) groups is 1. The first kappa shape index (κ1) is 18.2. The number of benzene rings is 1.